The topological polar surface area (TPSA) is 29.3 Å². The van der Waals surface area contributed by atoms with Crippen LogP contribution in [0.2, 0.25) is 0 Å². The molecule has 0 spiro atoms. The van der Waals surface area contributed by atoms with Gasteiger partial charge in [0.2, 0.25) is 0 Å². The molecule has 0 bridgehead atoms. The molecule has 3 heteroatoms. The zero-order valence-electron chi connectivity index (χ0n) is 7.37. The summed E-state index contributed by atoms with van der Waals surface area (Å²) >= 11 is 0. The number of hydrogen-bond acceptors (Lipinski definition) is 3. The SMILES string of the molecule is C#CCN(C)Cc1cc(C)no1. The van der Waals surface area contributed by atoms with Crippen LogP contribution in [0.15, 0.2) is 10.6 Å². The molecule has 0 unspecified atom stereocenters. The number of aromatic nitrogens is 1. The van der Waals surface area contributed by atoms with Crippen LogP contribution in [0.4, 0.5) is 0 Å². The Kier molecular flexibility index (Phi) is 2.89. The van der Waals surface area contributed by atoms with E-state index < -0.39 is 0 Å². The van der Waals surface area contributed by atoms with E-state index in [0.717, 1.165) is 11.5 Å². The van der Waals surface area contributed by atoms with E-state index in [1.807, 2.05) is 24.9 Å². The number of terminal acetylenes is 1. The fourth-order valence-electron chi connectivity index (χ4n) is 0.969. The highest BCUT2D eigenvalue weighted by Crippen LogP contribution is 2.04. The maximum atomic E-state index is 5.15. The molecule has 0 saturated carbocycles. The van der Waals surface area contributed by atoms with Crippen molar-refractivity contribution in [3.8, 4) is 12.3 Å². The van der Waals surface area contributed by atoms with Crippen molar-refractivity contribution < 1.29 is 4.52 Å². The molecule has 1 heterocycles. The third kappa shape index (κ3) is 2.40. The molecule has 3 nitrogen and oxygen atoms in total. The van der Waals surface area contributed by atoms with Gasteiger partial charge in [0.1, 0.15) is 0 Å². The van der Waals surface area contributed by atoms with Gasteiger partial charge in [-0.05, 0) is 14.0 Å². The van der Waals surface area contributed by atoms with Crippen molar-refractivity contribution in [2.75, 3.05) is 13.6 Å². The van der Waals surface area contributed by atoms with Gasteiger partial charge in [-0.2, -0.15) is 0 Å². The highest BCUT2D eigenvalue weighted by molar-refractivity contribution is 5.03. The Morgan fingerprint density at radius 1 is 1.75 bits per heavy atom. The van der Waals surface area contributed by atoms with E-state index in [2.05, 4.69) is 11.1 Å². The molecule has 1 aromatic rings. The Labute approximate surface area is 72.3 Å². The molecule has 0 saturated heterocycles. The van der Waals surface area contributed by atoms with Crippen molar-refractivity contribution in [3.63, 3.8) is 0 Å². The molecule has 0 aliphatic carbocycles. The molecule has 1 rings (SSSR count). The van der Waals surface area contributed by atoms with E-state index in [1.54, 1.807) is 0 Å². The Morgan fingerprint density at radius 2 is 2.50 bits per heavy atom. The summed E-state index contributed by atoms with van der Waals surface area (Å²) in [6, 6.07) is 1.91. The van der Waals surface area contributed by atoms with Crippen molar-refractivity contribution in [1.82, 2.24) is 10.1 Å². The lowest BCUT2D eigenvalue weighted by Gasteiger charge is -2.09. The third-order valence-corrected chi connectivity index (χ3v) is 1.46. The van der Waals surface area contributed by atoms with Gasteiger partial charge in [0.15, 0.2) is 5.76 Å². The minimum atomic E-state index is 0.625. The zero-order chi connectivity index (χ0) is 8.97. The summed E-state index contributed by atoms with van der Waals surface area (Å²) in [7, 11) is 1.94. The van der Waals surface area contributed by atoms with Crippen molar-refractivity contribution in [2.45, 2.75) is 13.5 Å². The predicted molar refractivity (Wildman–Crippen MR) is 46.4 cm³/mol. The summed E-state index contributed by atoms with van der Waals surface area (Å²) in [4.78, 5) is 1.99. The third-order valence-electron chi connectivity index (χ3n) is 1.46. The maximum absolute atomic E-state index is 5.15. The molecular formula is C9H12N2O. The number of aryl methyl sites for hydroxylation is 1. The van der Waals surface area contributed by atoms with E-state index in [0.29, 0.717) is 13.1 Å². The monoisotopic (exact) mass is 164 g/mol. The smallest absolute Gasteiger partial charge is 0.150 e. The van der Waals surface area contributed by atoms with Crippen LogP contribution in [0.1, 0.15) is 11.5 Å². The van der Waals surface area contributed by atoms with Gasteiger partial charge in [0, 0.05) is 6.07 Å². The second kappa shape index (κ2) is 3.93. The molecule has 0 fully saturated rings. The number of hydrogen-bond donors (Lipinski definition) is 0. The Bertz CT molecular complexity index is 285. The first kappa shape index (κ1) is 8.82. The molecule has 64 valence electrons. The lowest BCUT2D eigenvalue weighted by atomic mass is 10.3. The highest BCUT2D eigenvalue weighted by atomic mass is 16.5. The predicted octanol–water partition coefficient (Wildman–Crippen LogP) is 1.05. The first-order valence-electron chi connectivity index (χ1n) is 3.76. The summed E-state index contributed by atoms with van der Waals surface area (Å²) in [6.07, 6.45) is 5.15. The van der Waals surface area contributed by atoms with Crippen LogP contribution in [-0.4, -0.2) is 23.6 Å². The fourth-order valence-corrected chi connectivity index (χ4v) is 0.969. The second-order valence-electron chi connectivity index (χ2n) is 2.81. The van der Waals surface area contributed by atoms with Crippen LogP contribution in [0.3, 0.4) is 0 Å². The molecule has 0 N–H and O–H groups in total. The van der Waals surface area contributed by atoms with Gasteiger partial charge in [-0.1, -0.05) is 11.1 Å². The molecular weight excluding hydrogens is 152 g/mol. The summed E-state index contributed by atoms with van der Waals surface area (Å²) in [5, 5.41) is 3.78. The van der Waals surface area contributed by atoms with Crippen LogP contribution in [-0.2, 0) is 6.54 Å². The Hall–Kier alpha value is -1.27. The van der Waals surface area contributed by atoms with Crippen LogP contribution in [0.5, 0.6) is 0 Å². The lowest BCUT2D eigenvalue weighted by molar-refractivity contribution is 0.294. The zero-order valence-corrected chi connectivity index (χ0v) is 7.37. The van der Waals surface area contributed by atoms with Crippen LogP contribution >= 0.6 is 0 Å². The summed E-state index contributed by atoms with van der Waals surface area (Å²) in [6.45, 7) is 3.24. The minimum absolute atomic E-state index is 0.625. The van der Waals surface area contributed by atoms with Crippen molar-refractivity contribution in [1.29, 1.82) is 0 Å². The van der Waals surface area contributed by atoms with E-state index in [1.165, 1.54) is 0 Å². The molecule has 0 aliphatic rings. The molecule has 0 aromatic carbocycles. The quantitative estimate of drug-likeness (QED) is 0.625. The van der Waals surface area contributed by atoms with Crippen LogP contribution in [0.25, 0.3) is 0 Å². The summed E-state index contributed by atoms with van der Waals surface area (Å²) in [5.41, 5.74) is 0.902. The standard InChI is InChI=1S/C9H12N2O/c1-4-5-11(3)7-9-6-8(2)10-12-9/h1,6H,5,7H2,2-3H3. The van der Waals surface area contributed by atoms with Crippen molar-refractivity contribution >= 4 is 0 Å². The first-order chi connectivity index (χ1) is 5.72. The first-order valence-corrected chi connectivity index (χ1v) is 3.76. The highest BCUT2D eigenvalue weighted by Gasteiger charge is 2.03. The van der Waals surface area contributed by atoms with Crippen LogP contribution in [0, 0.1) is 19.3 Å². The lowest BCUT2D eigenvalue weighted by Crippen LogP contribution is -2.17. The van der Waals surface area contributed by atoms with Crippen molar-refractivity contribution in [2.24, 2.45) is 0 Å². The molecule has 0 amide bonds. The van der Waals surface area contributed by atoms with Gasteiger partial charge in [-0.3, -0.25) is 4.90 Å². The maximum Gasteiger partial charge on any atom is 0.150 e. The van der Waals surface area contributed by atoms with Gasteiger partial charge in [-0.15, -0.1) is 6.42 Å². The van der Waals surface area contributed by atoms with Gasteiger partial charge >= 0.3 is 0 Å². The van der Waals surface area contributed by atoms with Crippen molar-refractivity contribution in [3.05, 3.63) is 17.5 Å². The second-order valence-corrected chi connectivity index (χ2v) is 2.81. The largest absolute Gasteiger partial charge is 0.360 e. The van der Waals surface area contributed by atoms with Gasteiger partial charge in [0.05, 0.1) is 18.8 Å². The molecule has 0 aliphatic heterocycles. The normalized spacial score (nSPS) is 10.2. The minimum Gasteiger partial charge on any atom is -0.360 e. The van der Waals surface area contributed by atoms with E-state index in [-0.39, 0.29) is 0 Å². The fraction of sp³-hybridized carbons (Fsp3) is 0.444. The van der Waals surface area contributed by atoms with Crippen LogP contribution < -0.4 is 0 Å². The number of nitrogens with zero attached hydrogens (tertiary/aromatic N) is 2. The van der Waals surface area contributed by atoms with Gasteiger partial charge in [0.25, 0.3) is 0 Å². The number of rotatable bonds is 3. The van der Waals surface area contributed by atoms with E-state index >= 15 is 0 Å². The molecule has 0 radical (unpaired) electrons. The average molecular weight is 164 g/mol. The van der Waals surface area contributed by atoms with E-state index in [9.17, 15) is 0 Å². The molecule has 1 aromatic heterocycles. The Morgan fingerprint density at radius 3 is 3.00 bits per heavy atom. The molecule has 0 atom stereocenters. The molecule has 12 heavy (non-hydrogen) atoms. The van der Waals surface area contributed by atoms with E-state index in [4.69, 9.17) is 10.9 Å². The summed E-state index contributed by atoms with van der Waals surface area (Å²) in [5.74, 6) is 3.41. The van der Waals surface area contributed by atoms with Gasteiger partial charge in [-0.25, -0.2) is 0 Å². The van der Waals surface area contributed by atoms with Gasteiger partial charge < -0.3 is 4.52 Å². The Balaban J connectivity index is 2.47. The summed E-state index contributed by atoms with van der Waals surface area (Å²) < 4.78 is 5.02. The average Bonchev–Trinajstić information content (AvgIpc) is 2.36.